The van der Waals surface area contributed by atoms with E-state index in [2.05, 4.69) is 0 Å². The number of ketones is 1. The van der Waals surface area contributed by atoms with Crippen LogP contribution in [0.25, 0.3) is 0 Å². The predicted molar refractivity (Wildman–Crippen MR) is 191 cm³/mol. The van der Waals surface area contributed by atoms with Crippen molar-refractivity contribution in [3.8, 4) is 6.07 Å². The number of Topliss-reactive ketones (excluding diaryl/α,β-unsaturated/α-hetero) is 1. The molecule has 1 saturated heterocycles. The van der Waals surface area contributed by atoms with Crippen molar-refractivity contribution < 1.29 is 46.4 Å². The van der Waals surface area contributed by atoms with E-state index in [4.69, 9.17) is 41.2 Å². The molecular formula is C38H52F3N3O7S. The van der Waals surface area contributed by atoms with Crippen LogP contribution in [-0.4, -0.2) is 98.8 Å². The number of nitrogens with zero attached hydrogens (tertiary/aromatic N) is 3. The SMILES string of the molecule is CC1(C)C(=O)N(c2ccc(C#N)c(C(F)(F)F)c2)C(=S)N1CCCC(=O)CCCOCCOCCOCCOCCOC12CC3CC(CC(C3)C1)C2. The van der Waals surface area contributed by atoms with Crippen molar-refractivity contribution in [2.75, 3.05) is 70.9 Å². The second kappa shape index (κ2) is 18.1. The number of rotatable bonds is 22. The summed E-state index contributed by atoms with van der Waals surface area (Å²) in [6.45, 7) is 8.05. The van der Waals surface area contributed by atoms with E-state index in [1.165, 1.54) is 50.7 Å². The summed E-state index contributed by atoms with van der Waals surface area (Å²) in [5, 5.41) is 9.16. The van der Waals surface area contributed by atoms with Crippen LogP contribution < -0.4 is 4.90 Å². The van der Waals surface area contributed by atoms with Crippen molar-refractivity contribution >= 4 is 34.7 Å². The van der Waals surface area contributed by atoms with Crippen LogP contribution in [0, 0.1) is 29.1 Å². The van der Waals surface area contributed by atoms with E-state index in [-0.39, 0.29) is 35.1 Å². The van der Waals surface area contributed by atoms with E-state index in [0.717, 1.165) is 34.8 Å². The first-order valence-electron chi connectivity index (χ1n) is 18.6. The highest BCUT2D eigenvalue weighted by atomic mass is 32.1. The molecule has 1 amide bonds. The lowest BCUT2D eigenvalue weighted by atomic mass is 9.54. The third-order valence-electron chi connectivity index (χ3n) is 10.8. The molecule has 5 fully saturated rings. The molecule has 0 aromatic heterocycles. The zero-order valence-electron chi connectivity index (χ0n) is 30.3. The fourth-order valence-electron chi connectivity index (χ4n) is 8.66. The van der Waals surface area contributed by atoms with Crippen LogP contribution in [-0.2, 0) is 39.4 Å². The Balaban J connectivity index is 0.847. The molecule has 0 radical (unpaired) electrons. The van der Waals surface area contributed by atoms with Crippen LogP contribution in [0.2, 0.25) is 0 Å². The number of carbonyl (C=O) groups excluding carboxylic acids is 2. The average molecular weight is 752 g/mol. The molecule has 1 aromatic carbocycles. The first-order valence-corrected chi connectivity index (χ1v) is 19.0. The number of amides is 1. The Bertz CT molecular complexity index is 1410. The van der Waals surface area contributed by atoms with Crippen LogP contribution in [0.15, 0.2) is 18.2 Å². The molecule has 10 nitrogen and oxygen atoms in total. The summed E-state index contributed by atoms with van der Waals surface area (Å²) < 4.78 is 69.4. The Labute approximate surface area is 310 Å². The van der Waals surface area contributed by atoms with Crippen LogP contribution >= 0.6 is 12.2 Å². The van der Waals surface area contributed by atoms with Gasteiger partial charge in [0.2, 0.25) is 0 Å². The van der Waals surface area contributed by atoms with Crippen LogP contribution in [0.5, 0.6) is 0 Å². The van der Waals surface area contributed by atoms with Crippen molar-refractivity contribution in [3.63, 3.8) is 0 Å². The average Bonchev–Trinajstić information content (AvgIpc) is 3.25. The van der Waals surface area contributed by atoms with Crippen LogP contribution in [0.3, 0.4) is 0 Å². The number of ether oxygens (including phenoxy) is 5. The highest BCUT2D eigenvalue weighted by Crippen LogP contribution is 2.57. The number of benzene rings is 1. The Kier molecular flexibility index (Phi) is 14.1. The van der Waals surface area contributed by atoms with Crippen LogP contribution in [0.4, 0.5) is 18.9 Å². The van der Waals surface area contributed by atoms with Gasteiger partial charge in [0.15, 0.2) is 5.11 Å². The number of nitriles is 1. The summed E-state index contributed by atoms with van der Waals surface area (Å²) in [7, 11) is 0. The summed E-state index contributed by atoms with van der Waals surface area (Å²) in [5.74, 6) is 2.21. The lowest BCUT2D eigenvalue weighted by Gasteiger charge is -2.56. The van der Waals surface area contributed by atoms with E-state index in [9.17, 15) is 22.8 Å². The van der Waals surface area contributed by atoms with Gasteiger partial charge in [0, 0.05) is 26.0 Å². The van der Waals surface area contributed by atoms with Gasteiger partial charge < -0.3 is 28.6 Å². The summed E-state index contributed by atoms with van der Waals surface area (Å²) in [4.78, 5) is 28.4. The van der Waals surface area contributed by atoms with Crippen molar-refractivity contribution in [2.24, 2.45) is 17.8 Å². The minimum absolute atomic E-state index is 0.0455. The second-order valence-electron chi connectivity index (χ2n) is 15.1. The van der Waals surface area contributed by atoms with Crippen molar-refractivity contribution in [2.45, 2.75) is 95.4 Å². The second-order valence-corrected chi connectivity index (χ2v) is 15.5. The molecule has 6 rings (SSSR count). The zero-order chi connectivity index (χ0) is 37.4. The number of halogens is 3. The molecule has 1 aromatic rings. The number of alkyl halides is 3. The van der Waals surface area contributed by atoms with Gasteiger partial charge in [0.05, 0.1) is 81.3 Å². The van der Waals surface area contributed by atoms with Gasteiger partial charge in [-0.1, -0.05) is 0 Å². The summed E-state index contributed by atoms with van der Waals surface area (Å²) in [5.41, 5.74) is -2.72. The Morgan fingerprint density at radius 1 is 0.865 bits per heavy atom. The fourth-order valence-corrected chi connectivity index (χ4v) is 9.17. The molecule has 1 aliphatic heterocycles. The predicted octanol–water partition coefficient (Wildman–Crippen LogP) is 6.47. The summed E-state index contributed by atoms with van der Waals surface area (Å²) in [6, 6.07) is 4.62. The Morgan fingerprint density at radius 2 is 1.38 bits per heavy atom. The molecule has 1 heterocycles. The Morgan fingerprint density at radius 3 is 1.92 bits per heavy atom. The lowest BCUT2D eigenvalue weighted by molar-refractivity contribution is -0.169. The molecular weight excluding hydrogens is 699 g/mol. The molecule has 52 heavy (non-hydrogen) atoms. The molecule has 4 aliphatic carbocycles. The topological polar surface area (TPSA) is 111 Å². The first-order chi connectivity index (χ1) is 24.8. The van der Waals surface area contributed by atoms with Crippen molar-refractivity contribution in [3.05, 3.63) is 29.3 Å². The van der Waals surface area contributed by atoms with E-state index < -0.39 is 28.7 Å². The molecule has 0 unspecified atom stereocenters. The molecule has 0 N–H and O–H groups in total. The molecule has 0 spiro atoms. The van der Waals surface area contributed by atoms with E-state index in [1.54, 1.807) is 18.7 Å². The minimum atomic E-state index is -4.77. The van der Waals surface area contributed by atoms with Gasteiger partial charge in [-0.15, -0.1) is 0 Å². The summed E-state index contributed by atoms with van der Waals surface area (Å²) in [6.07, 6.45) is 4.79. The number of anilines is 1. The molecule has 0 atom stereocenters. The van der Waals surface area contributed by atoms with E-state index in [1.807, 2.05) is 0 Å². The molecule has 14 heteroatoms. The minimum Gasteiger partial charge on any atom is -0.379 e. The number of thiocarbonyl (C=S) groups is 1. The molecule has 4 bridgehead atoms. The number of hydrogen-bond donors (Lipinski definition) is 0. The standard InChI is InChI=1S/C38H52F3N3O7S/c1-36(2)34(46)44(31-8-7-30(26-42)33(22-31)38(39,40)41)35(52)43(36)9-3-5-32(45)6-4-10-47-11-12-48-13-14-49-15-16-50-17-18-51-37-23-27-19-28(24-37)21-29(20-27)25-37/h7-8,22,27-29H,3-6,9-21,23-25H2,1-2H3. The summed E-state index contributed by atoms with van der Waals surface area (Å²) >= 11 is 5.51. The number of carbonyl (C=O) groups is 2. The Hall–Kier alpha value is -2.67. The zero-order valence-corrected chi connectivity index (χ0v) is 31.2. The molecule has 5 aliphatic rings. The maximum Gasteiger partial charge on any atom is 0.417 e. The highest BCUT2D eigenvalue weighted by molar-refractivity contribution is 7.80. The maximum absolute atomic E-state index is 13.5. The first kappa shape index (κ1) is 40.5. The van der Waals surface area contributed by atoms with Gasteiger partial charge in [-0.05, 0) is 113 Å². The van der Waals surface area contributed by atoms with E-state index >= 15 is 0 Å². The third-order valence-corrected chi connectivity index (χ3v) is 11.2. The normalized spacial score (nSPS) is 25.0. The van der Waals surface area contributed by atoms with Gasteiger partial charge in [-0.3, -0.25) is 14.5 Å². The third kappa shape index (κ3) is 10.3. The van der Waals surface area contributed by atoms with Gasteiger partial charge >= 0.3 is 6.18 Å². The van der Waals surface area contributed by atoms with Gasteiger partial charge in [-0.2, -0.15) is 18.4 Å². The van der Waals surface area contributed by atoms with Gasteiger partial charge in [0.1, 0.15) is 11.3 Å². The van der Waals surface area contributed by atoms with Gasteiger partial charge in [-0.25, -0.2) is 0 Å². The highest BCUT2D eigenvalue weighted by Gasteiger charge is 2.52. The van der Waals surface area contributed by atoms with Crippen molar-refractivity contribution in [1.29, 1.82) is 5.26 Å². The maximum atomic E-state index is 13.5. The van der Waals surface area contributed by atoms with Crippen molar-refractivity contribution in [1.82, 2.24) is 4.90 Å². The smallest absolute Gasteiger partial charge is 0.379 e. The monoisotopic (exact) mass is 751 g/mol. The number of hydrogen-bond acceptors (Lipinski definition) is 9. The van der Waals surface area contributed by atoms with E-state index in [0.29, 0.717) is 78.7 Å². The largest absolute Gasteiger partial charge is 0.417 e. The van der Waals surface area contributed by atoms with Gasteiger partial charge in [0.25, 0.3) is 5.91 Å². The molecule has 288 valence electrons. The fraction of sp³-hybridized carbons (Fsp3) is 0.737. The van der Waals surface area contributed by atoms with Crippen LogP contribution in [0.1, 0.15) is 89.2 Å². The molecule has 4 saturated carbocycles. The lowest BCUT2D eigenvalue weighted by Crippen LogP contribution is -2.52. The quantitative estimate of drug-likeness (QED) is 0.0966.